The first-order valence-corrected chi connectivity index (χ1v) is 6.11. The summed E-state index contributed by atoms with van der Waals surface area (Å²) in [5, 5.41) is 3.55. The zero-order chi connectivity index (χ0) is 11.7. The third-order valence-corrected chi connectivity index (χ3v) is 3.41. The van der Waals surface area contributed by atoms with Gasteiger partial charge in [0.1, 0.15) is 5.82 Å². The molecular formula is C14H17N3. The Bertz CT molecular complexity index is 501. The summed E-state index contributed by atoms with van der Waals surface area (Å²) >= 11 is 0. The molecule has 0 fully saturated rings. The van der Waals surface area contributed by atoms with Gasteiger partial charge in [-0.25, -0.2) is 4.98 Å². The predicted molar refractivity (Wildman–Crippen MR) is 67.7 cm³/mol. The van der Waals surface area contributed by atoms with Gasteiger partial charge in [-0.2, -0.15) is 0 Å². The summed E-state index contributed by atoms with van der Waals surface area (Å²) in [5.41, 5.74) is 2.66. The lowest BCUT2D eigenvalue weighted by Crippen LogP contribution is -2.40. The van der Waals surface area contributed by atoms with Crippen LogP contribution in [0.3, 0.4) is 0 Å². The number of rotatable bonds is 2. The van der Waals surface area contributed by atoms with Gasteiger partial charge >= 0.3 is 0 Å². The summed E-state index contributed by atoms with van der Waals surface area (Å²) in [4.78, 5) is 4.40. The van der Waals surface area contributed by atoms with E-state index in [-0.39, 0.29) is 0 Å². The molecule has 0 radical (unpaired) electrons. The number of imidazole rings is 1. The van der Waals surface area contributed by atoms with Crippen molar-refractivity contribution < 1.29 is 0 Å². The average Bonchev–Trinajstić information content (AvgIpc) is 2.73. The Balaban J connectivity index is 1.74. The minimum atomic E-state index is 0.512. The van der Waals surface area contributed by atoms with E-state index in [2.05, 4.69) is 52.1 Å². The van der Waals surface area contributed by atoms with Crippen molar-refractivity contribution in [2.75, 3.05) is 0 Å². The molecule has 0 saturated heterocycles. The van der Waals surface area contributed by atoms with Crippen molar-refractivity contribution in [3.8, 4) is 0 Å². The summed E-state index contributed by atoms with van der Waals surface area (Å²) in [7, 11) is 0. The van der Waals surface area contributed by atoms with Gasteiger partial charge in [-0.15, -0.1) is 0 Å². The maximum absolute atomic E-state index is 4.40. The van der Waals surface area contributed by atoms with Crippen LogP contribution in [0.2, 0.25) is 0 Å². The smallest absolute Gasteiger partial charge is 0.122 e. The number of benzene rings is 1. The molecule has 0 amide bonds. The minimum absolute atomic E-state index is 0.512. The lowest BCUT2D eigenvalue weighted by atomic mass is 10.0. The first-order chi connectivity index (χ1) is 8.33. The molecule has 1 aliphatic rings. The van der Waals surface area contributed by atoms with E-state index in [1.165, 1.54) is 11.3 Å². The monoisotopic (exact) mass is 227 g/mol. The Kier molecular flexibility index (Phi) is 2.69. The van der Waals surface area contributed by atoms with Crippen molar-refractivity contribution >= 4 is 0 Å². The normalized spacial score (nSPS) is 19.0. The van der Waals surface area contributed by atoms with E-state index < -0.39 is 0 Å². The van der Waals surface area contributed by atoms with Gasteiger partial charge < -0.3 is 9.88 Å². The quantitative estimate of drug-likeness (QED) is 0.849. The van der Waals surface area contributed by atoms with E-state index >= 15 is 0 Å². The molecule has 2 heterocycles. The summed E-state index contributed by atoms with van der Waals surface area (Å²) in [6, 6.07) is 11.2. The third kappa shape index (κ3) is 2.11. The number of aryl methyl sites for hydroxylation is 1. The highest BCUT2D eigenvalue weighted by molar-refractivity contribution is 5.17. The fourth-order valence-corrected chi connectivity index (χ4v) is 2.46. The van der Waals surface area contributed by atoms with Crippen LogP contribution in [0.1, 0.15) is 17.1 Å². The van der Waals surface area contributed by atoms with Crippen LogP contribution in [-0.4, -0.2) is 15.6 Å². The van der Waals surface area contributed by atoms with Gasteiger partial charge in [0.05, 0.1) is 6.54 Å². The molecular weight excluding hydrogens is 210 g/mol. The van der Waals surface area contributed by atoms with Crippen LogP contribution in [0.4, 0.5) is 0 Å². The number of hydrogen-bond donors (Lipinski definition) is 1. The summed E-state index contributed by atoms with van der Waals surface area (Å²) in [6.45, 7) is 4.03. The molecule has 1 atom stereocenters. The predicted octanol–water partition coefficient (Wildman–Crippen LogP) is 1.91. The van der Waals surface area contributed by atoms with Gasteiger partial charge in [0.2, 0.25) is 0 Å². The van der Waals surface area contributed by atoms with Crippen LogP contribution in [0.5, 0.6) is 0 Å². The molecule has 1 aromatic carbocycles. The average molecular weight is 227 g/mol. The van der Waals surface area contributed by atoms with Gasteiger partial charge in [-0.1, -0.05) is 30.3 Å². The van der Waals surface area contributed by atoms with E-state index in [1.807, 2.05) is 6.20 Å². The maximum Gasteiger partial charge on any atom is 0.122 e. The van der Waals surface area contributed by atoms with Crippen LogP contribution in [0.15, 0.2) is 36.5 Å². The highest BCUT2D eigenvalue weighted by Crippen LogP contribution is 2.14. The molecule has 0 saturated carbocycles. The molecule has 0 bridgehead atoms. The number of nitrogens with one attached hydrogen (secondary N) is 1. The third-order valence-electron chi connectivity index (χ3n) is 3.41. The minimum Gasteiger partial charge on any atom is -0.330 e. The Hall–Kier alpha value is -1.61. The van der Waals surface area contributed by atoms with E-state index in [0.29, 0.717) is 6.04 Å². The molecule has 3 nitrogen and oxygen atoms in total. The van der Waals surface area contributed by atoms with E-state index in [9.17, 15) is 0 Å². The molecule has 3 rings (SSSR count). The Morgan fingerprint density at radius 1 is 1.35 bits per heavy atom. The fraction of sp³-hybridized carbons (Fsp3) is 0.357. The first kappa shape index (κ1) is 10.5. The number of fused-ring (bicyclic) bond motifs is 1. The molecule has 1 aliphatic heterocycles. The van der Waals surface area contributed by atoms with E-state index in [0.717, 1.165) is 25.3 Å². The zero-order valence-electron chi connectivity index (χ0n) is 10.1. The molecule has 3 heteroatoms. The Morgan fingerprint density at radius 2 is 2.18 bits per heavy atom. The molecule has 1 unspecified atom stereocenters. The Morgan fingerprint density at radius 3 is 3.00 bits per heavy atom. The Labute approximate surface area is 101 Å². The van der Waals surface area contributed by atoms with Crippen LogP contribution in [0.25, 0.3) is 0 Å². The molecule has 17 heavy (non-hydrogen) atoms. The molecule has 88 valence electrons. The van der Waals surface area contributed by atoms with Crippen LogP contribution < -0.4 is 5.32 Å². The summed E-state index contributed by atoms with van der Waals surface area (Å²) in [5.74, 6) is 1.16. The van der Waals surface area contributed by atoms with Gasteiger partial charge in [0.15, 0.2) is 0 Å². The second-order valence-corrected chi connectivity index (χ2v) is 4.69. The van der Waals surface area contributed by atoms with Crippen molar-refractivity contribution in [3.63, 3.8) is 0 Å². The second kappa shape index (κ2) is 4.34. The second-order valence-electron chi connectivity index (χ2n) is 4.69. The number of hydrogen-bond acceptors (Lipinski definition) is 2. The van der Waals surface area contributed by atoms with Crippen molar-refractivity contribution in [2.45, 2.75) is 32.5 Å². The molecule has 2 aromatic rings. The van der Waals surface area contributed by atoms with Crippen molar-refractivity contribution in [3.05, 3.63) is 53.6 Å². The lowest BCUT2D eigenvalue weighted by molar-refractivity contribution is 0.381. The van der Waals surface area contributed by atoms with E-state index in [4.69, 9.17) is 0 Å². The molecule has 0 spiro atoms. The van der Waals surface area contributed by atoms with Gasteiger partial charge in [-0.05, 0) is 18.9 Å². The fourth-order valence-electron chi connectivity index (χ4n) is 2.46. The van der Waals surface area contributed by atoms with Crippen LogP contribution in [0, 0.1) is 6.92 Å². The summed E-state index contributed by atoms with van der Waals surface area (Å²) in [6.07, 6.45) is 3.04. The number of aromatic nitrogens is 2. The molecule has 1 aromatic heterocycles. The van der Waals surface area contributed by atoms with Crippen LogP contribution >= 0.6 is 0 Å². The number of nitrogens with zero attached hydrogens (tertiary/aromatic N) is 2. The standard InChI is InChI=1S/C14H17N3/c1-11-8-16-14-9-15-13(10-17(11)14)7-12-5-3-2-4-6-12/h2-6,8,13,15H,7,9-10H2,1H3. The van der Waals surface area contributed by atoms with Crippen molar-refractivity contribution in [1.82, 2.24) is 14.9 Å². The van der Waals surface area contributed by atoms with E-state index in [1.54, 1.807) is 0 Å². The first-order valence-electron chi connectivity index (χ1n) is 6.11. The van der Waals surface area contributed by atoms with Gasteiger partial charge in [0, 0.05) is 24.5 Å². The van der Waals surface area contributed by atoms with Gasteiger partial charge in [0.25, 0.3) is 0 Å². The molecule has 1 N–H and O–H groups in total. The lowest BCUT2D eigenvalue weighted by Gasteiger charge is -2.26. The highest BCUT2D eigenvalue weighted by atomic mass is 15.2. The zero-order valence-corrected chi connectivity index (χ0v) is 10.1. The maximum atomic E-state index is 4.40. The molecule has 0 aliphatic carbocycles. The largest absolute Gasteiger partial charge is 0.330 e. The summed E-state index contributed by atoms with van der Waals surface area (Å²) < 4.78 is 2.32. The van der Waals surface area contributed by atoms with Crippen LogP contribution in [-0.2, 0) is 19.5 Å². The van der Waals surface area contributed by atoms with Gasteiger partial charge in [-0.3, -0.25) is 0 Å². The SMILES string of the molecule is Cc1cnc2n1CC(Cc1ccccc1)NC2. The van der Waals surface area contributed by atoms with Crippen molar-refractivity contribution in [2.24, 2.45) is 0 Å². The topological polar surface area (TPSA) is 29.9 Å². The highest BCUT2D eigenvalue weighted by Gasteiger charge is 2.19. The van der Waals surface area contributed by atoms with Crippen molar-refractivity contribution in [1.29, 1.82) is 0 Å².